The quantitative estimate of drug-likeness (QED) is 0.925. The van der Waals surface area contributed by atoms with Crippen molar-refractivity contribution in [1.82, 2.24) is 5.32 Å². The summed E-state index contributed by atoms with van der Waals surface area (Å²) in [4.78, 5) is 26.2. The molecule has 1 heterocycles. The summed E-state index contributed by atoms with van der Waals surface area (Å²) in [6, 6.07) is 16.9. The van der Waals surface area contributed by atoms with E-state index >= 15 is 0 Å². The van der Waals surface area contributed by atoms with Gasteiger partial charge in [0, 0.05) is 24.2 Å². The number of fused-ring (bicyclic) bond motifs is 1. The number of hydrogen-bond acceptors (Lipinski definition) is 2. The van der Waals surface area contributed by atoms with Gasteiger partial charge in [0.05, 0.1) is 6.04 Å². The van der Waals surface area contributed by atoms with E-state index in [2.05, 4.69) is 5.32 Å². The first-order valence-corrected chi connectivity index (χ1v) is 7.82. The minimum atomic E-state index is -0.0930. The number of nitrogens with one attached hydrogen (secondary N) is 1. The Morgan fingerprint density at radius 1 is 1.04 bits per heavy atom. The first kappa shape index (κ1) is 15.3. The molecule has 2 aromatic rings. The lowest BCUT2D eigenvalue weighted by Gasteiger charge is -2.39. The predicted molar refractivity (Wildman–Crippen MR) is 90.3 cm³/mol. The van der Waals surface area contributed by atoms with Crippen LogP contribution in [0.1, 0.15) is 42.2 Å². The molecule has 4 heteroatoms. The molecule has 118 valence electrons. The van der Waals surface area contributed by atoms with E-state index in [0.717, 1.165) is 11.3 Å². The van der Waals surface area contributed by atoms with Gasteiger partial charge in [-0.3, -0.25) is 9.59 Å². The first-order chi connectivity index (χ1) is 11.1. The molecule has 4 nitrogen and oxygen atoms in total. The number of nitrogens with zero attached hydrogens (tertiary/aromatic N) is 1. The van der Waals surface area contributed by atoms with Crippen LogP contribution in [-0.2, 0) is 4.79 Å². The summed E-state index contributed by atoms with van der Waals surface area (Å²) in [6.45, 7) is 3.59. The van der Waals surface area contributed by atoms with Gasteiger partial charge in [0.15, 0.2) is 0 Å². The minimum absolute atomic E-state index is 0.0257. The van der Waals surface area contributed by atoms with E-state index in [1.165, 1.54) is 0 Å². The lowest BCUT2D eigenvalue weighted by Crippen LogP contribution is -2.45. The molecule has 0 bridgehead atoms. The van der Waals surface area contributed by atoms with Crippen LogP contribution >= 0.6 is 0 Å². The number of rotatable bonds is 2. The van der Waals surface area contributed by atoms with Gasteiger partial charge < -0.3 is 10.2 Å². The van der Waals surface area contributed by atoms with Crippen LogP contribution in [0.3, 0.4) is 0 Å². The molecule has 2 amide bonds. The molecule has 23 heavy (non-hydrogen) atoms. The number of carbonyl (C=O) groups excluding carboxylic acids is 2. The van der Waals surface area contributed by atoms with Crippen LogP contribution in [0.15, 0.2) is 54.6 Å². The van der Waals surface area contributed by atoms with E-state index in [1.807, 2.05) is 49.4 Å². The zero-order valence-electron chi connectivity index (χ0n) is 13.3. The summed E-state index contributed by atoms with van der Waals surface area (Å²) in [5.74, 6) is -0.0633. The number of amides is 2. The molecular formula is C19H20N2O2. The Labute approximate surface area is 136 Å². The van der Waals surface area contributed by atoms with Crippen molar-refractivity contribution in [1.29, 1.82) is 0 Å². The van der Waals surface area contributed by atoms with Crippen LogP contribution in [0, 0.1) is 0 Å². The number of benzene rings is 2. The van der Waals surface area contributed by atoms with E-state index in [1.54, 1.807) is 24.0 Å². The van der Waals surface area contributed by atoms with Crippen molar-refractivity contribution in [3.63, 3.8) is 0 Å². The molecule has 0 aliphatic carbocycles. The summed E-state index contributed by atoms with van der Waals surface area (Å²) in [5, 5.41) is 3.10. The minimum Gasteiger partial charge on any atom is -0.345 e. The molecule has 1 N–H and O–H groups in total. The third kappa shape index (κ3) is 2.97. The molecule has 2 aromatic carbocycles. The third-order valence-electron chi connectivity index (χ3n) is 4.27. The van der Waals surface area contributed by atoms with E-state index in [9.17, 15) is 9.59 Å². The fraction of sp³-hybridized carbons (Fsp3) is 0.263. The smallest absolute Gasteiger partial charge is 0.251 e. The van der Waals surface area contributed by atoms with Crippen molar-refractivity contribution in [2.24, 2.45) is 0 Å². The molecule has 0 radical (unpaired) electrons. The molecule has 3 rings (SSSR count). The maximum Gasteiger partial charge on any atom is 0.251 e. The van der Waals surface area contributed by atoms with Gasteiger partial charge in [0.1, 0.15) is 0 Å². The Balaban J connectivity index is 1.90. The van der Waals surface area contributed by atoms with E-state index in [4.69, 9.17) is 0 Å². The molecule has 0 aromatic heterocycles. The SMILES string of the molecule is CC(=O)N1c2ccccc2C(NC(=O)c2ccccc2)CC1C. The van der Waals surface area contributed by atoms with Gasteiger partial charge in [0.2, 0.25) is 5.91 Å². The molecule has 1 aliphatic rings. The molecule has 2 atom stereocenters. The summed E-state index contributed by atoms with van der Waals surface area (Å²) >= 11 is 0. The molecule has 0 saturated carbocycles. The van der Waals surface area contributed by atoms with Gasteiger partial charge in [-0.2, -0.15) is 0 Å². The highest BCUT2D eigenvalue weighted by molar-refractivity contribution is 5.96. The highest BCUT2D eigenvalue weighted by atomic mass is 16.2. The van der Waals surface area contributed by atoms with E-state index < -0.39 is 0 Å². The van der Waals surface area contributed by atoms with Gasteiger partial charge >= 0.3 is 0 Å². The summed E-state index contributed by atoms with van der Waals surface area (Å²) in [7, 11) is 0. The lowest BCUT2D eigenvalue weighted by molar-refractivity contribution is -0.117. The second-order valence-corrected chi connectivity index (χ2v) is 5.92. The van der Waals surface area contributed by atoms with Crippen LogP contribution < -0.4 is 10.2 Å². The fourth-order valence-electron chi connectivity index (χ4n) is 3.26. The van der Waals surface area contributed by atoms with Crippen LogP contribution in [0.2, 0.25) is 0 Å². The maximum absolute atomic E-state index is 12.5. The van der Waals surface area contributed by atoms with Gasteiger partial charge in [-0.1, -0.05) is 36.4 Å². The number of hydrogen-bond donors (Lipinski definition) is 1. The summed E-state index contributed by atoms with van der Waals surface area (Å²) in [5.41, 5.74) is 2.52. The molecular weight excluding hydrogens is 288 g/mol. The zero-order valence-corrected chi connectivity index (χ0v) is 13.3. The maximum atomic E-state index is 12.5. The molecule has 0 saturated heterocycles. The van der Waals surface area contributed by atoms with Crippen molar-refractivity contribution < 1.29 is 9.59 Å². The summed E-state index contributed by atoms with van der Waals surface area (Å²) in [6.07, 6.45) is 0.704. The highest BCUT2D eigenvalue weighted by Crippen LogP contribution is 2.37. The summed E-state index contributed by atoms with van der Waals surface area (Å²) < 4.78 is 0. The second kappa shape index (κ2) is 6.24. The van der Waals surface area contributed by atoms with Gasteiger partial charge in [-0.15, -0.1) is 0 Å². The van der Waals surface area contributed by atoms with Crippen LogP contribution in [0.25, 0.3) is 0 Å². The van der Waals surface area contributed by atoms with Crippen LogP contribution in [-0.4, -0.2) is 17.9 Å². The van der Waals surface area contributed by atoms with Crippen molar-refractivity contribution in [3.8, 4) is 0 Å². The molecule has 0 spiro atoms. The first-order valence-electron chi connectivity index (χ1n) is 7.82. The fourth-order valence-corrected chi connectivity index (χ4v) is 3.26. The standard InChI is InChI=1S/C19H20N2O2/c1-13-12-17(20-19(23)15-8-4-3-5-9-15)16-10-6-7-11-18(16)21(13)14(2)22/h3-11,13,17H,12H2,1-2H3,(H,20,23). The highest BCUT2D eigenvalue weighted by Gasteiger charge is 2.32. The Morgan fingerprint density at radius 2 is 1.70 bits per heavy atom. The zero-order chi connectivity index (χ0) is 16.4. The van der Waals surface area contributed by atoms with Gasteiger partial charge in [0.25, 0.3) is 5.91 Å². The van der Waals surface area contributed by atoms with Gasteiger partial charge in [-0.05, 0) is 37.1 Å². The Hall–Kier alpha value is -2.62. The molecule has 1 aliphatic heterocycles. The van der Waals surface area contributed by atoms with Crippen molar-refractivity contribution in [2.45, 2.75) is 32.4 Å². The number of para-hydroxylation sites is 1. The van der Waals surface area contributed by atoms with Crippen LogP contribution in [0.4, 0.5) is 5.69 Å². The normalized spacial score (nSPS) is 19.8. The van der Waals surface area contributed by atoms with Crippen molar-refractivity contribution >= 4 is 17.5 Å². The number of carbonyl (C=O) groups is 2. The second-order valence-electron chi connectivity index (χ2n) is 5.92. The number of anilines is 1. The molecule has 2 unspecified atom stereocenters. The predicted octanol–water partition coefficient (Wildman–Crippen LogP) is 3.30. The Bertz CT molecular complexity index is 727. The van der Waals surface area contributed by atoms with E-state index in [0.29, 0.717) is 12.0 Å². The Morgan fingerprint density at radius 3 is 2.39 bits per heavy atom. The monoisotopic (exact) mass is 308 g/mol. The largest absolute Gasteiger partial charge is 0.345 e. The third-order valence-corrected chi connectivity index (χ3v) is 4.27. The van der Waals surface area contributed by atoms with E-state index in [-0.39, 0.29) is 23.9 Å². The molecule has 0 fully saturated rings. The topological polar surface area (TPSA) is 49.4 Å². The van der Waals surface area contributed by atoms with Crippen molar-refractivity contribution in [3.05, 3.63) is 65.7 Å². The van der Waals surface area contributed by atoms with Gasteiger partial charge in [-0.25, -0.2) is 0 Å². The van der Waals surface area contributed by atoms with Crippen LogP contribution in [0.5, 0.6) is 0 Å². The average molecular weight is 308 g/mol. The average Bonchev–Trinajstić information content (AvgIpc) is 2.55. The van der Waals surface area contributed by atoms with Crippen molar-refractivity contribution in [2.75, 3.05) is 4.90 Å². The Kier molecular flexibility index (Phi) is 4.15. The lowest BCUT2D eigenvalue weighted by atomic mass is 9.91.